The molecular weight excluding hydrogens is 362 g/mol. The molecule has 0 saturated carbocycles. The van der Waals surface area contributed by atoms with Gasteiger partial charge in [-0.25, -0.2) is 4.79 Å². The fraction of sp³-hybridized carbons (Fsp3) is 0.417. The first-order chi connectivity index (χ1) is 10.5. The van der Waals surface area contributed by atoms with Crippen LogP contribution in [0.25, 0.3) is 6.08 Å². The van der Waals surface area contributed by atoms with Gasteiger partial charge in [0.15, 0.2) is 12.5 Å². The van der Waals surface area contributed by atoms with Gasteiger partial charge in [0.25, 0.3) is 5.56 Å². The molecule has 1 saturated heterocycles. The molecule has 0 unspecified atom stereocenters. The molecule has 3 N–H and O–H groups in total. The van der Waals surface area contributed by atoms with Crippen molar-refractivity contribution >= 4 is 28.0 Å². The standard InChI is InChI=1S/C12H14BrN3O6/c13-2-1-7-4-16(12(19)15-11(7)18)8-5-21-10(22-8)6-20-9(17)3-14/h1-2,4,8,10H,3,5-6,14H2,(H,15,18,19)/b2-1+/t8-,10-/m0/s1. The van der Waals surface area contributed by atoms with Crippen LogP contribution in [-0.2, 0) is 19.0 Å². The monoisotopic (exact) mass is 375 g/mol. The first-order valence-electron chi connectivity index (χ1n) is 6.30. The van der Waals surface area contributed by atoms with E-state index in [9.17, 15) is 14.4 Å². The van der Waals surface area contributed by atoms with Crippen LogP contribution in [0.4, 0.5) is 0 Å². The van der Waals surface area contributed by atoms with Crippen molar-refractivity contribution in [3.05, 3.63) is 37.6 Å². The molecule has 22 heavy (non-hydrogen) atoms. The van der Waals surface area contributed by atoms with Gasteiger partial charge in [-0.2, -0.15) is 0 Å². The Balaban J connectivity index is 2.10. The third kappa shape index (κ3) is 3.91. The Morgan fingerprint density at radius 1 is 1.59 bits per heavy atom. The largest absolute Gasteiger partial charge is 0.459 e. The molecule has 0 radical (unpaired) electrons. The predicted octanol–water partition coefficient (Wildman–Crippen LogP) is -0.724. The van der Waals surface area contributed by atoms with E-state index in [4.69, 9.17) is 19.9 Å². The summed E-state index contributed by atoms with van der Waals surface area (Å²) in [6.07, 6.45) is 1.33. The number of nitrogens with zero attached hydrogens (tertiary/aromatic N) is 1. The first-order valence-corrected chi connectivity index (χ1v) is 7.21. The van der Waals surface area contributed by atoms with E-state index in [-0.39, 0.29) is 25.3 Å². The van der Waals surface area contributed by atoms with E-state index in [1.807, 2.05) is 0 Å². The van der Waals surface area contributed by atoms with Crippen LogP contribution in [0.1, 0.15) is 11.8 Å². The minimum absolute atomic E-state index is 0.0776. The van der Waals surface area contributed by atoms with E-state index in [1.165, 1.54) is 21.8 Å². The first kappa shape index (κ1) is 16.6. The van der Waals surface area contributed by atoms with E-state index >= 15 is 0 Å². The lowest BCUT2D eigenvalue weighted by molar-refractivity contribution is -0.157. The number of nitrogens with two attached hydrogens (primary N) is 1. The van der Waals surface area contributed by atoms with E-state index in [1.54, 1.807) is 0 Å². The van der Waals surface area contributed by atoms with Gasteiger partial charge in [-0.15, -0.1) is 0 Å². The molecule has 9 nitrogen and oxygen atoms in total. The molecule has 0 aromatic carbocycles. The number of aromatic amines is 1. The third-order valence-corrected chi connectivity index (χ3v) is 3.09. The molecule has 1 aliphatic rings. The van der Waals surface area contributed by atoms with Gasteiger partial charge in [0.05, 0.1) is 18.7 Å². The van der Waals surface area contributed by atoms with E-state index in [0.29, 0.717) is 0 Å². The summed E-state index contributed by atoms with van der Waals surface area (Å²) in [6.45, 7) is -0.287. The summed E-state index contributed by atoms with van der Waals surface area (Å²) in [4.78, 5) is 38.1. The molecular formula is C12H14BrN3O6. The SMILES string of the molecule is NCC(=O)OC[C@H]1OC[C@@H](n2cc(/C=C/Br)c(=O)[nH]c2=O)O1. The Bertz CT molecular complexity index is 682. The Labute approximate surface area is 132 Å². The Kier molecular flexibility index (Phi) is 5.66. The highest BCUT2D eigenvalue weighted by Crippen LogP contribution is 2.19. The van der Waals surface area contributed by atoms with Crippen LogP contribution in [0.2, 0.25) is 0 Å². The van der Waals surface area contributed by atoms with Gasteiger partial charge in [-0.05, 0) is 11.1 Å². The van der Waals surface area contributed by atoms with Gasteiger partial charge < -0.3 is 19.9 Å². The molecule has 0 bridgehead atoms. The highest BCUT2D eigenvalue weighted by molar-refractivity contribution is 9.11. The Morgan fingerprint density at radius 3 is 3.05 bits per heavy atom. The highest BCUT2D eigenvalue weighted by Gasteiger charge is 2.29. The van der Waals surface area contributed by atoms with Crippen LogP contribution in [0, 0.1) is 0 Å². The lowest BCUT2D eigenvalue weighted by Crippen LogP contribution is -2.34. The van der Waals surface area contributed by atoms with Crippen molar-refractivity contribution in [2.45, 2.75) is 12.5 Å². The Hall–Kier alpha value is -1.75. The van der Waals surface area contributed by atoms with Crippen LogP contribution < -0.4 is 17.0 Å². The van der Waals surface area contributed by atoms with Crippen molar-refractivity contribution < 1.29 is 19.0 Å². The van der Waals surface area contributed by atoms with E-state index < -0.39 is 29.7 Å². The zero-order chi connectivity index (χ0) is 16.1. The topological polar surface area (TPSA) is 126 Å². The van der Waals surface area contributed by atoms with Crippen molar-refractivity contribution in [3.8, 4) is 0 Å². The number of carbonyl (C=O) groups excluding carboxylic acids is 1. The summed E-state index contributed by atoms with van der Waals surface area (Å²) in [5.41, 5.74) is 4.25. The van der Waals surface area contributed by atoms with Gasteiger partial charge in [-0.1, -0.05) is 15.9 Å². The zero-order valence-corrected chi connectivity index (χ0v) is 12.9. The lowest BCUT2D eigenvalue weighted by Gasteiger charge is -2.13. The molecule has 120 valence electrons. The van der Waals surface area contributed by atoms with Gasteiger partial charge in [0.2, 0.25) is 0 Å². The van der Waals surface area contributed by atoms with E-state index in [2.05, 4.69) is 20.9 Å². The summed E-state index contributed by atoms with van der Waals surface area (Å²) in [6, 6.07) is 0. The summed E-state index contributed by atoms with van der Waals surface area (Å²) >= 11 is 3.06. The molecule has 1 fully saturated rings. The van der Waals surface area contributed by atoms with Crippen LogP contribution >= 0.6 is 15.9 Å². The number of hydrogen-bond donors (Lipinski definition) is 2. The Morgan fingerprint density at radius 2 is 2.36 bits per heavy atom. The van der Waals surface area contributed by atoms with Gasteiger partial charge in [-0.3, -0.25) is 19.1 Å². The third-order valence-electron chi connectivity index (χ3n) is 2.83. The van der Waals surface area contributed by atoms with Crippen molar-refractivity contribution in [1.29, 1.82) is 0 Å². The van der Waals surface area contributed by atoms with Crippen molar-refractivity contribution in [3.63, 3.8) is 0 Å². The maximum Gasteiger partial charge on any atom is 0.330 e. The molecule has 1 aromatic rings. The number of hydrogen-bond acceptors (Lipinski definition) is 7. The minimum atomic E-state index is -0.797. The molecule has 1 aliphatic heterocycles. The summed E-state index contributed by atoms with van der Waals surface area (Å²) in [7, 11) is 0. The molecule has 2 atom stereocenters. The quantitative estimate of drug-likeness (QED) is 0.650. The second kappa shape index (κ2) is 7.49. The molecule has 0 amide bonds. The summed E-state index contributed by atoms with van der Waals surface area (Å²) < 4.78 is 16.7. The molecule has 0 spiro atoms. The molecule has 10 heteroatoms. The average Bonchev–Trinajstić information content (AvgIpc) is 2.96. The number of ether oxygens (including phenoxy) is 3. The van der Waals surface area contributed by atoms with Gasteiger partial charge in [0.1, 0.15) is 6.61 Å². The number of esters is 1. The van der Waals surface area contributed by atoms with Crippen LogP contribution in [-0.4, -0.2) is 41.6 Å². The number of aromatic nitrogens is 2. The summed E-state index contributed by atoms with van der Waals surface area (Å²) in [5, 5.41) is 0. The maximum atomic E-state index is 11.8. The fourth-order valence-corrected chi connectivity index (χ4v) is 2.08. The number of halogens is 1. The smallest absolute Gasteiger partial charge is 0.330 e. The molecule has 2 rings (SSSR count). The summed E-state index contributed by atoms with van der Waals surface area (Å²) in [5.74, 6) is -0.582. The van der Waals surface area contributed by atoms with Crippen LogP contribution in [0.3, 0.4) is 0 Å². The minimum Gasteiger partial charge on any atom is -0.459 e. The van der Waals surface area contributed by atoms with Crippen molar-refractivity contribution in [1.82, 2.24) is 9.55 Å². The molecule has 0 aliphatic carbocycles. The number of rotatable bonds is 5. The zero-order valence-electron chi connectivity index (χ0n) is 11.4. The van der Waals surface area contributed by atoms with Crippen molar-refractivity contribution in [2.24, 2.45) is 5.73 Å². The molecule has 1 aromatic heterocycles. The predicted molar refractivity (Wildman–Crippen MR) is 79.2 cm³/mol. The van der Waals surface area contributed by atoms with Gasteiger partial charge >= 0.3 is 11.7 Å². The molecule has 2 heterocycles. The van der Waals surface area contributed by atoms with Gasteiger partial charge in [0, 0.05) is 6.20 Å². The van der Waals surface area contributed by atoms with Crippen molar-refractivity contribution in [2.75, 3.05) is 19.8 Å². The number of H-pyrrole nitrogens is 1. The highest BCUT2D eigenvalue weighted by atomic mass is 79.9. The average molecular weight is 376 g/mol. The van der Waals surface area contributed by atoms with Crippen LogP contribution in [0.15, 0.2) is 20.8 Å². The second-order valence-electron chi connectivity index (χ2n) is 4.28. The van der Waals surface area contributed by atoms with Crippen LogP contribution in [0.5, 0.6) is 0 Å². The number of nitrogens with one attached hydrogen (secondary N) is 1. The fourth-order valence-electron chi connectivity index (χ4n) is 1.80. The van der Waals surface area contributed by atoms with E-state index in [0.717, 1.165) is 0 Å². The second-order valence-corrected chi connectivity index (χ2v) is 4.81. The lowest BCUT2D eigenvalue weighted by atomic mass is 10.3. The number of carbonyl (C=O) groups is 1. The normalized spacial score (nSPS) is 21.4. The maximum absolute atomic E-state index is 11.8.